The average molecular weight is 243 g/mol. The number of benzene rings is 1. The Balaban J connectivity index is 2.30. The molecule has 2 N–H and O–H groups in total. The molecule has 0 saturated heterocycles. The van der Waals surface area contributed by atoms with Gasteiger partial charge in [-0.1, -0.05) is 18.2 Å². The van der Waals surface area contributed by atoms with Crippen LogP contribution in [0.3, 0.4) is 0 Å². The van der Waals surface area contributed by atoms with Crippen LogP contribution in [0.4, 0.5) is 4.39 Å². The lowest BCUT2D eigenvalue weighted by Crippen LogP contribution is -2.23. The van der Waals surface area contributed by atoms with E-state index in [1.165, 1.54) is 6.07 Å². The highest BCUT2D eigenvalue weighted by atomic mass is 32.2. The molecule has 0 fully saturated rings. The summed E-state index contributed by atoms with van der Waals surface area (Å²) >= 11 is 1.80. The lowest BCUT2D eigenvalue weighted by molar-refractivity contribution is 0.170. The van der Waals surface area contributed by atoms with Crippen molar-refractivity contribution in [1.82, 2.24) is 5.32 Å². The maximum absolute atomic E-state index is 13.3. The SMILES string of the molecule is CSCCCNCC(O)c1ccccc1F. The van der Waals surface area contributed by atoms with Crippen molar-refractivity contribution in [1.29, 1.82) is 0 Å². The Bertz CT molecular complexity index is 309. The zero-order valence-corrected chi connectivity index (χ0v) is 10.3. The van der Waals surface area contributed by atoms with E-state index in [2.05, 4.69) is 11.6 Å². The van der Waals surface area contributed by atoms with Crippen LogP contribution < -0.4 is 5.32 Å². The number of hydrogen-bond donors (Lipinski definition) is 2. The minimum absolute atomic E-state index is 0.346. The third-order valence-electron chi connectivity index (χ3n) is 2.30. The highest BCUT2D eigenvalue weighted by Crippen LogP contribution is 2.15. The summed E-state index contributed by atoms with van der Waals surface area (Å²) in [6.07, 6.45) is 2.36. The van der Waals surface area contributed by atoms with E-state index < -0.39 is 6.10 Å². The number of hydrogen-bond acceptors (Lipinski definition) is 3. The van der Waals surface area contributed by atoms with Gasteiger partial charge in [0.15, 0.2) is 0 Å². The molecule has 1 aromatic rings. The van der Waals surface area contributed by atoms with E-state index in [0.29, 0.717) is 12.1 Å². The Labute approximate surface area is 100 Å². The van der Waals surface area contributed by atoms with Gasteiger partial charge in [0.2, 0.25) is 0 Å². The predicted octanol–water partition coefficient (Wildman–Crippen LogP) is 2.20. The van der Waals surface area contributed by atoms with Crippen molar-refractivity contribution in [3.63, 3.8) is 0 Å². The van der Waals surface area contributed by atoms with Crippen LogP contribution in [0, 0.1) is 5.82 Å². The molecule has 0 bridgehead atoms. The molecule has 4 heteroatoms. The van der Waals surface area contributed by atoms with Crippen molar-refractivity contribution >= 4 is 11.8 Å². The van der Waals surface area contributed by atoms with Gasteiger partial charge in [-0.3, -0.25) is 0 Å². The zero-order chi connectivity index (χ0) is 11.8. The Morgan fingerprint density at radius 3 is 2.88 bits per heavy atom. The molecule has 0 radical (unpaired) electrons. The number of thioether (sulfide) groups is 1. The van der Waals surface area contributed by atoms with Crippen molar-refractivity contribution in [3.05, 3.63) is 35.6 Å². The molecule has 0 spiro atoms. The van der Waals surface area contributed by atoms with Crippen molar-refractivity contribution in [2.45, 2.75) is 12.5 Å². The standard InChI is InChI=1S/C12H18FNOS/c1-16-8-4-7-14-9-12(15)10-5-2-3-6-11(10)13/h2-3,5-6,12,14-15H,4,7-9H2,1H3. The monoisotopic (exact) mass is 243 g/mol. The first kappa shape index (κ1) is 13.5. The highest BCUT2D eigenvalue weighted by molar-refractivity contribution is 7.98. The topological polar surface area (TPSA) is 32.3 Å². The van der Waals surface area contributed by atoms with E-state index in [0.717, 1.165) is 18.7 Å². The Morgan fingerprint density at radius 2 is 2.19 bits per heavy atom. The third-order valence-corrected chi connectivity index (χ3v) is 3.00. The molecule has 0 saturated carbocycles. The van der Waals surface area contributed by atoms with Gasteiger partial charge in [0.25, 0.3) is 0 Å². The first-order chi connectivity index (χ1) is 7.75. The van der Waals surface area contributed by atoms with Crippen molar-refractivity contribution < 1.29 is 9.50 Å². The van der Waals surface area contributed by atoms with Crippen LogP contribution in [0.25, 0.3) is 0 Å². The summed E-state index contributed by atoms with van der Waals surface area (Å²) in [6.45, 7) is 1.25. The lowest BCUT2D eigenvalue weighted by Gasteiger charge is -2.12. The molecular weight excluding hydrogens is 225 g/mol. The number of halogens is 1. The van der Waals surface area contributed by atoms with Gasteiger partial charge in [-0.25, -0.2) is 4.39 Å². The predicted molar refractivity (Wildman–Crippen MR) is 67.2 cm³/mol. The molecule has 0 aliphatic carbocycles. The molecule has 0 aliphatic rings. The second-order valence-electron chi connectivity index (χ2n) is 3.59. The maximum atomic E-state index is 13.3. The molecule has 0 heterocycles. The van der Waals surface area contributed by atoms with Crippen LogP contribution in [0.1, 0.15) is 18.1 Å². The fraction of sp³-hybridized carbons (Fsp3) is 0.500. The number of aliphatic hydroxyl groups is 1. The summed E-state index contributed by atoms with van der Waals surface area (Å²) in [7, 11) is 0. The highest BCUT2D eigenvalue weighted by Gasteiger charge is 2.10. The van der Waals surface area contributed by atoms with Gasteiger partial charge in [0, 0.05) is 12.1 Å². The van der Waals surface area contributed by atoms with E-state index >= 15 is 0 Å². The molecule has 90 valence electrons. The summed E-state index contributed by atoms with van der Waals surface area (Å²) in [6, 6.07) is 6.34. The summed E-state index contributed by atoms with van der Waals surface area (Å²) < 4.78 is 13.3. The summed E-state index contributed by atoms with van der Waals surface area (Å²) in [5.41, 5.74) is 0.361. The van der Waals surface area contributed by atoms with Crippen LogP contribution in [-0.4, -0.2) is 30.2 Å². The minimum Gasteiger partial charge on any atom is -0.387 e. The fourth-order valence-electron chi connectivity index (χ4n) is 1.44. The van der Waals surface area contributed by atoms with Gasteiger partial charge in [0.05, 0.1) is 6.10 Å². The van der Waals surface area contributed by atoms with Gasteiger partial charge in [-0.05, 0) is 31.0 Å². The fourth-order valence-corrected chi connectivity index (χ4v) is 1.87. The van der Waals surface area contributed by atoms with Crippen molar-refractivity contribution in [2.75, 3.05) is 25.1 Å². The second-order valence-corrected chi connectivity index (χ2v) is 4.57. The maximum Gasteiger partial charge on any atom is 0.129 e. The van der Waals surface area contributed by atoms with E-state index in [9.17, 15) is 9.50 Å². The van der Waals surface area contributed by atoms with Gasteiger partial charge < -0.3 is 10.4 Å². The van der Waals surface area contributed by atoms with Crippen LogP contribution in [0.2, 0.25) is 0 Å². The van der Waals surface area contributed by atoms with Crippen LogP contribution >= 0.6 is 11.8 Å². The van der Waals surface area contributed by atoms with Gasteiger partial charge in [0.1, 0.15) is 5.82 Å². The molecule has 0 aromatic heterocycles. The Hall–Kier alpha value is -0.580. The van der Waals surface area contributed by atoms with E-state index in [1.807, 2.05) is 0 Å². The summed E-state index contributed by atoms with van der Waals surface area (Å²) in [5.74, 6) is 0.754. The minimum atomic E-state index is -0.768. The summed E-state index contributed by atoms with van der Waals surface area (Å²) in [5, 5.41) is 12.9. The zero-order valence-electron chi connectivity index (χ0n) is 9.45. The molecule has 2 nitrogen and oxygen atoms in total. The van der Waals surface area contributed by atoms with Crippen molar-refractivity contribution in [2.24, 2.45) is 0 Å². The molecule has 0 aliphatic heterocycles. The number of aliphatic hydroxyl groups excluding tert-OH is 1. The third kappa shape index (κ3) is 4.51. The van der Waals surface area contributed by atoms with E-state index in [1.54, 1.807) is 30.0 Å². The normalized spacial score (nSPS) is 12.7. The lowest BCUT2D eigenvalue weighted by atomic mass is 10.1. The van der Waals surface area contributed by atoms with Gasteiger partial charge in [-0.15, -0.1) is 0 Å². The first-order valence-corrected chi connectivity index (χ1v) is 6.77. The first-order valence-electron chi connectivity index (χ1n) is 5.38. The smallest absolute Gasteiger partial charge is 0.129 e. The van der Waals surface area contributed by atoms with Gasteiger partial charge in [-0.2, -0.15) is 11.8 Å². The van der Waals surface area contributed by atoms with Crippen LogP contribution in [-0.2, 0) is 0 Å². The average Bonchev–Trinajstić information content (AvgIpc) is 2.29. The Kier molecular flexibility index (Phi) is 6.45. The molecule has 1 rings (SSSR count). The second kappa shape index (κ2) is 7.65. The van der Waals surface area contributed by atoms with Crippen LogP contribution in [0.15, 0.2) is 24.3 Å². The van der Waals surface area contributed by atoms with E-state index in [-0.39, 0.29) is 5.82 Å². The van der Waals surface area contributed by atoms with Gasteiger partial charge >= 0.3 is 0 Å². The Morgan fingerprint density at radius 1 is 1.44 bits per heavy atom. The molecular formula is C12H18FNOS. The molecule has 1 atom stereocenters. The molecule has 1 unspecified atom stereocenters. The molecule has 0 amide bonds. The molecule has 16 heavy (non-hydrogen) atoms. The quantitative estimate of drug-likeness (QED) is 0.720. The number of nitrogens with one attached hydrogen (secondary N) is 1. The molecule has 1 aromatic carbocycles. The number of rotatable bonds is 7. The summed E-state index contributed by atoms with van der Waals surface area (Å²) in [4.78, 5) is 0. The van der Waals surface area contributed by atoms with E-state index in [4.69, 9.17) is 0 Å². The largest absolute Gasteiger partial charge is 0.387 e. The van der Waals surface area contributed by atoms with Crippen LogP contribution in [0.5, 0.6) is 0 Å². The van der Waals surface area contributed by atoms with Crippen molar-refractivity contribution in [3.8, 4) is 0 Å².